The molecule has 1 atom stereocenters. The monoisotopic (exact) mass is 318 g/mol. The van der Waals surface area contributed by atoms with Crippen molar-refractivity contribution >= 4 is 0 Å². The van der Waals surface area contributed by atoms with Gasteiger partial charge in [0.2, 0.25) is 0 Å². The molecule has 1 spiro atoms. The first-order chi connectivity index (χ1) is 11.2. The van der Waals surface area contributed by atoms with Crippen LogP contribution in [-0.4, -0.2) is 49.9 Å². The van der Waals surface area contributed by atoms with Crippen molar-refractivity contribution < 1.29 is 9.47 Å². The lowest BCUT2D eigenvalue weighted by molar-refractivity contribution is -0.0449. The lowest BCUT2D eigenvalue weighted by Crippen LogP contribution is -2.44. The smallest absolute Gasteiger partial charge is 0.118 e. The van der Waals surface area contributed by atoms with E-state index in [1.807, 2.05) is 12.1 Å². The molecule has 2 heterocycles. The molecule has 0 aromatic heterocycles. The van der Waals surface area contributed by atoms with E-state index in [-0.39, 0.29) is 5.60 Å². The molecule has 2 fully saturated rings. The van der Waals surface area contributed by atoms with Crippen LogP contribution in [0.1, 0.15) is 38.2 Å². The Bertz CT molecular complexity index is 481. The predicted octanol–water partition coefficient (Wildman–Crippen LogP) is 2.82. The second kappa shape index (κ2) is 7.65. The van der Waals surface area contributed by atoms with Gasteiger partial charge in [-0.1, -0.05) is 19.1 Å². The highest BCUT2D eigenvalue weighted by atomic mass is 16.5. The Kier molecular flexibility index (Phi) is 5.57. The zero-order valence-corrected chi connectivity index (χ0v) is 14.5. The number of hydrogen-bond donors (Lipinski definition) is 1. The third kappa shape index (κ3) is 4.25. The fourth-order valence-corrected chi connectivity index (χ4v) is 3.78. The van der Waals surface area contributed by atoms with Gasteiger partial charge in [-0.2, -0.15) is 0 Å². The first-order valence-corrected chi connectivity index (χ1v) is 8.96. The van der Waals surface area contributed by atoms with Crippen LogP contribution in [0.3, 0.4) is 0 Å². The van der Waals surface area contributed by atoms with Gasteiger partial charge in [0.1, 0.15) is 5.75 Å². The Morgan fingerprint density at radius 1 is 1.26 bits per heavy atom. The second-order valence-electron chi connectivity index (χ2n) is 6.97. The molecule has 0 saturated carbocycles. The van der Waals surface area contributed by atoms with Gasteiger partial charge in [0.05, 0.1) is 19.3 Å². The summed E-state index contributed by atoms with van der Waals surface area (Å²) in [5, 5.41) is 3.61. The van der Waals surface area contributed by atoms with Gasteiger partial charge < -0.3 is 14.8 Å². The first-order valence-electron chi connectivity index (χ1n) is 8.96. The van der Waals surface area contributed by atoms with Gasteiger partial charge in [-0.25, -0.2) is 0 Å². The zero-order chi connectivity index (χ0) is 16.1. The van der Waals surface area contributed by atoms with Gasteiger partial charge >= 0.3 is 0 Å². The fraction of sp³-hybridized carbons (Fsp3) is 0.684. The van der Waals surface area contributed by atoms with Crippen LogP contribution in [0.15, 0.2) is 24.3 Å². The summed E-state index contributed by atoms with van der Waals surface area (Å²) in [5.74, 6) is 0.927. The summed E-state index contributed by atoms with van der Waals surface area (Å²) in [6.45, 7) is 7.50. The van der Waals surface area contributed by atoms with E-state index in [9.17, 15) is 0 Å². The van der Waals surface area contributed by atoms with E-state index in [1.54, 1.807) is 7.11 Å². The maximum absolute atomic E-state index is 6.21. The Morgan fingerprint density at radius 3 is 2.65 bits per heavy atom. The Labute approximate surface area is 140 Å². The fourth-order valence-electron chi connectivity index (χ4n) is 3.78. The summed E-state index contributed by atoms with van der Waals surface area (Å²) in [6, 6.07) is 8.98. The molecule has 3 rings (SSSR count). The van der Waals surface area contributed by atoms with Crippen LogP contribution in [-0.2, 0) is 11.3 Å². The molecule has 1 aromatic carbocycles. The van der Waals surface area contributed by atoms with Crippen molar-refractivity contribution in [3.8, 4) is 5.75 Å². The minimum atomic E-state index is 0.141. The Morgan fingerprint density at radius 2 is 2.00 bits per heavy atom. The highest BCUT2D eigenvalue weighted by Gasteiger charge is 2.42. The van der Waals surface area contributed by atoms with E-state index < -0.39 is 0 Å². The highest BCUT2D eigenvalue weighted by Crippen LogP contribution is 2.36. The lowest BCUT2D eigenvalue weighted by atomic mass is 9.87. The lowest BCUT2D eigenvalue weighted by Gasteiger charge is -2.38. The van der Waals surface area contributed by atoms with E-state index >= 15 is 0 Å². The van der Waals surface area contributed by atoms with Crippen LogP contribution in [0.4, 0.5) is 0 Å². The number of likely N-dealkylation sites (tertiary alicyclic amines) is 1. The molecule has 4 heteroatoms. The van der Waals surface area contributed by atoms with Gasteiger partial charge in [-0.15, -0.1) is 0 Å². The van der Waals surface area contributed by atoms with E-state index in [0.29, 0.717) is 6.04 Å². The first kappa shape index (κ1) is 16.7. The van der Waals surface area contributed by atoms with Crippen LogP contribution in [0, 0.1) is 0 Å². The van der Waals surface area contributed by atoms with Crippen LogP contribution in [0.5, 0.6) is 5.75 Å². The quantitative estimate of drug-likeness (QED) is 0.874. The molecule has 0 radical (unpaired) electrons. The Hall–Kier alpha value is -1.10. The van der Waals surface area contributed by atoms with Gasteiger partial charge in [-0.3, -0.25) is 4.90 Å². The third-order valence-electron chi connectivity index (χ3n) is 5.22. The van der Waals surface area contributed by atoms with Crippen LogP contribution >= 0.6 is 0 Å². The van der Waals surface area contributed by atoms with Gasteiger partial charge in [0.25, 0.3) is 0 Å². The van der Waals surface area contributed by atoms with Crippen molar-refractivity contribution in [1.82, 2.24) is 10.2 Å². The third-order valence-corrected chi connectivity index (χ3v) is 5.22. The average molecular weight is 318 g/mol. The minimum Gasteiger partial charge on any atom is -0.497 e. The summed E-state index contributed by atoms with van der Waals surface area (Å²) in [7, 11) is 1.71. The number of methoxy groups -OCH3 is 1. The van der Waals surface area contributed by atoms with Crippen molar-refractivity contribution in [3.05, 3.63) is 29.8 Å². The molecule has 1 unspecified atom stereocenters. The number of nitrogens with one attached hydrogen (secondary N) is 1. The van der Waals surface area contributed by atoms with E-state index in [4.69, 9.17) is 9.47 Å². The highest BCUT2D eigenvalue weighted by molar-refractivity contribution is 5.27. The predicted molar refractivity (Wildman–Crippen MR) is 92.9 cm³/mol. The minimum absolute atomic E-state index is 0.141. The number of ether oxygens (including phenoxy) is 2. The molecule has 4 nitrogen and oxygen atoms in total. The molecule has 1 N–H and O–H groups in total. The van der Waals surface area contributed by atoms with Crippen molar-refractivity contribution in [3.63, 3.8) is 0 Å². The second-order valence-corrected chi connectivity index (χ2v) is 6.97. The SMILES string of the molecule is CCCNC1COC2(CCN(Cc3ccc(OC)cc3)CC2)C1. The number of rotatable bonds is 6. The standard InChI is InChI=1S/C19H30N2O2/c1-3-10-20-17-13-19(23-15-17)8-11-21(12-9-19)14-16-4-6-18(22-2)7-5-16/h4-7,17,20H,3,8-15H2,1-2H3. The topological polar surface area (TPSA) is 33.7 Å². The van der Waals surface area contributed by atoms with Crippen molar-refractivity contribution in [1.29, 1.82) is 0 Å². The number of nitrogens with zero attached hydrogens (tertiary/aromatic N) is 1. The normalized spacial score (nSPS) is 24.2. The van der Waals surface area contributed by atoms with Crippen LogP contribution in [0.25, 0.3) is 0 Å². The summed E-state index contributed by atoms with van der Waals surface area (Å²) in [5.41, 5.74) is 1.50. The summed E-state index contributed by atoms with van der Waals surface area (Å²) < 4.78 is 11.4. The average Bonchev–Trinajstić information content (AvgIpc) is 2.99. The maximum Gasteiger partial charge on any atom is 0.118 e. The summed E-state index contributed by atoms with van der Waals surface area (Å²) in [6.07, 6.45) is 4.70. The number of benzene rings is 1. The molecular weight excluding hydrogens is 288 g/mol. The van der Waals surface area contributed by atoms with Crippen LogP contribution in [0.2, 0.25) is 0 Å². The molecule has 2 aliphatic rings. The van der Waals surface area contributed by atoms with Gasteiger partial charge in [-0.05, 0) is 49.9 Å². The van der Waals surface area contributed by atoms with Crippen molar-refractivity contribution in [2.24, 2.45) is 0 Å². The molecule has 2 aliphatic heterocycles. The van der Waals surface area contributed by atoms with E-state index in [2.05, 4.69) is 29.3 Å². The van der Waals surface area contributed by atoms with E-state index in [0.717, 1.165) is 51.4 Å². The Balaban J connectivity index is 1.46. The molecular formula is C19H30N2O2. The van der Waals surface area contributed by atoms with Crippen LogP contribution < -0.4 is 10.1 Å². The molecule has 0 aliphatic carbocycles. The molecule has 128 valence electrons. The van der Waals surface area contributed by atoms with Crippen molar-refractivity contribution in [2.75, 3.05) is 33.4 Å². The zero-order valence-electron chi connectivity index (χ0n) is 14.5. The molecule has 2 saturated heterocycles. The van der Waals surface area contributed by atoms with E-state index in [1.165, 1.54) is 18.4 Å². The molecule has 1 aromatic rings. The molecule has 23 heavy (non-hydrogen) atoms. The number of piperidine rings is 1. The van der Waals surface area contributed by atoms with Crippen molar-refractivity contribution in [2.45, 2.75) is 50.8 Å². The number of hydrogen-bond acceptors (Lipinski definition) is 4. The maximum atomic E-state index is 6.21. The molecule has 0 amide bonds. The van der Waals surface area contributed by atoms with Gasteiger partial charge in [0, 0.05) is 25.7 Å². The van der Waals surface area contributed by atoms with Gasteiger partial charge in [0.15, 0.2) is 0 Å². The largest absolute Gasteiger partial charge is 0.497 e. The summed E-state index contributed by atoms with van der Waals surface area (Å²) >= 11 is 0. The molecule has 0 bridgehead atoms. The summed E-state index contributed by atoms with van der Waals surface area (Å²) in [4.78, 5) is 2.54.